The highest BCUT2D eigenvalue weighted by Crippen LogP contribution is 2.27. The van der Waals surface area contributed by atoms with Crippen LogP contribution >= 0.6 is 11.8 Å². The maximum Gasteiger partial charge on any atom is 0.288 e. The highest BCUT2D eigenvalue weighted by Gasteiger charge is 2.13. The van der Waals surface area contributed by atoms with Gasteiger partial charge in [-0.05, 0) is 61.9 Å². The van der Waals surface area contributed by atoms with Gasteiger partial charge in [0.15, 0.2) is 0 Å². The molecule has 162 valence electrons. The Balaban J connectivity index is 1.77. The first kappa shape index (κ1) is 21.7. The van der Waals surface area contributed by atoms with Gasteiger partial charge in [0.1, 0.15) is 17.0 Å². The second kappa shape index (κ2) is 9.32. The molecule has 0 saturated heterocycles. The molecular formula is C24H20F2N4OS. The van der Waals surface area contributed by atoms with Gasteiger partial charge < -0.3 is 5.32 Å². The van der Waals surface area contributed by atoms with E-state index in [4.69, 9.17) is 0 Å². The van der Waals surface area contributed by atoms with E-state index in [0.717, 1.165) is 11.1 Å². The maximum absolute atomic E-state index is 13.2. The summed E-state index contributed by atoms with van der Waals surface area (Å²) in [6, 6.07) is 17.8. The lowest BCUT2D eigenvalue weighted by molar-refractivity contribution is 0.252. The van der Waals surface area contributed by atoms with Crippen LogP contribution in [0.15, 0.2) is 81.5 Å². The number of rotatable bonds is 6. The lowest BCUT2D eigenvalue weighted by Gasteiger charge is -2.12. The molecule has 5 nitrogen and oxygen atoms in total. The second-order valence-electron chi connectivity index (χ2n) is 7.19. The Morgan fingerprint density at radius 2 is 1.78 bits per heavy atom. The molecule has 0 unspecified atom stereocenters. The molecule has 0 fully saturated rings. The number of benzene rings is 2. The number of nitrogens with zero attached hydrogens (tertiary/aromatic N) is 3. The van der Waals surface area contributed by atoms with Crippen LogP contribution in [-0.2, 0) is 0 Å². The van der Waals surface area contributed by atoms with E-state index in [9.17, 15) is 13.6 Å². The van der Waals surface area contributed by atoms with Crippen molar-refractivity contribution < 1.29 is 8.78 Å². The van der Waals surface area contributed by atoms with E-state index in [2.05, 4.69) is 15.3 Å². The van der Waals surface area contributed by atoms with Crippen molar-refractivity contribution in [1.29, 1.82) is 0 Å². The Bertz CT molecular complexity index is 1330. The topological polar surface area (TPSA) is 58.8 Å². The fourth-order valence-corrected chi connectivity index (χ4v) is 3.65. The number of nitrogens with one attached hydrogen (secondary N) is 1. The van der Waals surface area contributed by atoms with Gasteiger partial charge in [-0.15, -0.1) is 0 Å². The van der Waals surface area contributed by atoms with Crippen LogP contribution in [0.5, 0.6) is 0 Å². The molecule has 2 aromatic carbocycles. The molecule has 2 heterocycles. The lowest BCUT2D eigenvalue weighted by atomic mass is 10.2. The van der Waals surface area contributed by atoms with Crippen LogP contribution in [0.1, 0.15) is 16.7 Å². The molecule has 0 spiro atoms. The van der Waals surface area contributed by atoms with Crippen molar-refractivity contribution in [3.8, 4) is 0 Å². The number of hydrogen-bond donors (Lipinski definition) is 1. The van der Waals surface area contributed by atoms with Crippen molar-refractivity contribution in [2.75, 3.05) is 5.32 Å². The molecule has 0 atom stereocenters. The Labute approximate surface area is 187 Å². The first-order chi connectivity index (χ1) is 15.4. The number of aromatic nitrogens is 2. The molecule has 8 heteroatoms. The standard InChI is InChI=1S/C24H20F2N4OS/c1-15-5-7-17(8-6-15)27-14-20-21(28-18-9-11-19(12-10-18)32-24(25)26)29-22-16(2)4-3-13-30(22)23(20)31/h3-14,24,28H,1-2H3. The smallest absolute Gasteiger partial charge is 0.288 e. The van der Waals surface area contributed by atoms with Crippen LogP contribution in [-0.4, -0.2) is 21.4 Å². The zero-order chi connectivity index (χ0) is 22.7. The van der Waals surface area contributed by atoms with Gasteiger partial charge in [-0.1, -0.05) is 35.5 Å². The molecular weight excluding hydrogens is 430 g/mol. The molecule has 0 bridgehead atoms. The maximum atomic E-state index is 13.2. The number of aryl methyl sites for hydroxylation is 2. The molecule has 32 heavy (non-hydrogen) atoms. The first-order valence-corrected chi connectivity index (χ1v) is 10.7. The van der Waals surface area contributed by atoms with Gasteiger partial charge in [-0.3, -0.25) is 14.2 Å². The summed E-state index contributed by atoms with van der Waals surface area (Å²) < 4.78 is 26.7. The van der Waals surface area contributed by atoms with Crippen LogP contribution in [0.4, 0.5) is 26.0 Å². The van der Waals surface area contributed by atoms with E-state index in [1.165, 1.54) is 10.6 Å². The molecule has 4 aromatic rings. The third-order valence-corrected chi connectivity index (χ3v) is 5.53. The fourth-order valence-electron chi connectivity index (χ4n) is 3.15. The zero-order valence-corrected chi connectivity index (χ0v) is 18.2. The average Bonchev–Trinajstić information content (AvgIpc) is 2.76. The van der Waals surface area contributed by atoms with E-state index >= 15 is 0 Å². The summed E-state index contributed by atoms with van der Waals surface area (Å²) in [5.41, 5.74) is 3.85. The zero-order valence-electron chi connectivity index (χ0n) is 17.4. The predicted octanol–water partition coefficient (Wildman–Crippen LogP) is 6.12. The summed E-state index contributed by atoms with van der Waals surface area (Å²) in [5, 5.41) is 3.15. The summed E-state index contributed by atoms with van der Waals surface area (Å²) in [6.45, 7) is 3.87. The van der Waals surface area contributed by atoms with E-state index < -0.39 is 5.76 Å². The van der Waals surface area contributed by atoms with Crippen molar-refractivity contribution >= 4 is 40.8 Å². The minimum absolute atomic E-state index is 0.262. The minimum atomic E-state index is -2.48. The Hall–Kier alpha value is -3.52. The number of halogens is 2. The van der Waals surface area contributed by atoms with E-state index in [-0.39, 0.29) is 5.56 Å². The molecule has 4 rings (SSSR count). The van der Waals surface area contributed by atoms with Crippen LogP contribution in [0, 0.1) is 13.8 Å². The van der Waals surface area contributed by atoms with E-state index in [0.29, 0.717) is 45.1 Å². The highest BCUT2D eigenvalue weighted by atomic mass is 32.2. The van der Waals surface area contributed by atoms with Gasteiger partial charge >= 0.3 is 0 Å². The predicted molar refractivity (Wildman–Crippen MR) is 126 cm³/mol. The Morgan fingerprint density at radius 1 is 1.06 bits per heavy atom. The third-order valence-electron chi connectivity index (χ3n) is 4.80. The number of anilines is 2. The summed E-state index contributed by atoms with van der Waals surface area (Å²) in [7, 11) is 0. The lowest BCUT2D eigenvalue weighted by Crippen LogP contribution is -2.22. The van der Waals surface area contributed by atoms with Crippen molar-refractivity contribution in [1.82, 2.24) is 9.38 Å². The Morgan fingerprint density at radius 3 is 2.47 bits per heavy atom. The molecule has 0 radical (unpaired) electrons. The van der Waals surface area contributed by atoms with Crippen molar-refractivity contribution in [3.05, 3.63) is 93.9 Å². The average molecular weight is 451 g/mol. The highest BCUT2D eigenvalue weighted by molar-refractivity contribution is 7.99. The molecule has 0 amide bonds. The molecule has 2 aromatic heterocycles. The number of pyridine rings is 1. The molecule has 1 N–H and O–H groups in total. The van der Waals surface area contributed by atoms with E-state index in [1.807, 2.05) is 44.2 Å². The van der Waals surface area contributed by atoms with Crippen LogP contribution in [0.25, 0.3) is 5.65 Å². The van der Waals surface area contributed by atoms with Gasteiger partial charge in [-0.2, -0.15) is 8.78 Å². The Kier molecular flexibility index (Phi) is 6.32. The monoisotopic (exact) mass is 450 g/mol. The summed E-state index contributed by atoms with van der Waals surface area (Å²) in [4.78, 5) is 22.8. The normalized spacial score (nSPS) is 11.5. The van der Waals surface area contributed by atoms with Crippen molar-refractivity contribution in [2.45, 2.75) is 24.5 Å². The molecule has 0 saturated carbocycles. The number of alkyl halides is 2. The quantitative estimate of drug-likeness (QED) is 0.284. The summed E-state index contributed by atoms with van der Waals surface area (Å²) in [5.74, 6) is -2.14. The van der Waals surface area contributed by atoms with Gasteiger partial charge in [0, 0.05) is 23.0 Å². The van der Waals surface area contributed by atoms with Crippen molar-refractivity contribution in [2.24, 2.45) is 4.99 Å². The van der Waals surface area contributed by atoms with Crippen LogP contribution in [0.3, 0.4) is 0 Å². The molecule has 0 aliphatic heterocycles. The SMILES string of the molecule is Cc1ccc(N=Cc2c(Nc3ccc(SC(F)F)cc3)nc3c(C)cccn3c2=O)cc1. The third kappa shape index (κ3) is 4.86. The minimum Gasteiger partial charge on any atom is -0.339 e. The molecule has 0 aliphatic rings. The van der Waals surface area contributed by atoms with Crippen molar-refractivity contribution in [3.63, 3.8) is 0 Å². The summed E-state index contributed by atoms with van der Waals surface area (Å²) >= 11 is 0.478. The number of fused-ring (bicyclic) bond motifs is 1. The largest absolute Gasteiger partial charge is 0.339 e. The van der Waals surface area contributed by atoms with Gasteiger partial charge in [0.2, 0.25) is 0 Å². The van der Waals surface area contributed by atoms with Gasteiger partial charge in [0.05, 0.1) is 5.69 Å². The van der Waals surface area contributed by atoms with Crippen LogP contribution < -0.4 is 10.9 Å². The molecule has 0 aliphatic carbocycles. The van der Waals surface area contributed by atoms with Gasteiger partial charge in [-0.25, -0.2) is 4.98 Å². The number of hydrogen-bond acceptors (Lipinski definition) is 5. The number of thioether (sulfide) groups is 1. The summed E-state index contributed by atoms with van der Waals surface area (Å²) in [6.07, 6.45) is 3.17. The van der Waals surface area contributed by atoms with Crippen LogP contribution in [0.2, 0.25) is 0 Å². The second-order valence-corrected chi connectivity index (χ2v) is 8.25. The fraction of sp³-hybridized carbons (Fsp3) is 0.125. The first-order valence-electron chi connectivity index (χ1n) is 9.85. The number of aliphatic imine (C=N–C) groups is 1. The van der Waals surface area contributed by atoms with Gasteiger partial charge in [0.25, 0.3) is 11.3 Å². The van der Waals surface area contributed by atoms with E-state index in [1.54, 1.807) is 36.5 Å².